The van der Waals surface area contributed by atoms with E-state index < -0.39 is 0 Å². The molecule has 0 aliphatic carbocycles. The van der Waals surface area contributed by atoms with Crippen LogP contribution in [0.2, 0.25) is 13.1 Å². The maximum absolute atomic E-state index is 2.40. The van der Waals surface area contributed by atoms with Gasteiger partial charge >= 0.3 is 0 Å². The number of hydrogen-bond acceptors (Lipinski definition) is 1. The van der Waals surface area contributed by atoms with Crippen LogP contribution in [0.4, 0.5) is 0 Å². The van der Waals surface area contributed by atoms with Gasteiger partial charge in [0, 0.05) is 0 Å². The molecule has 0 aromatic rings. The van der Waals surface area contributed by atoms with Gasteiger partial charge in [0.1, 0.15) is 0 Å². The summed E-state index contributed by atoms with van der Waals surface area (Å²) in [5, 5.41) is 0. The molecule has 9 heavy (non-hydrogen) atoms. The summed E-state index contributed by atoms with van der Waals surface area (Å²) in [6.45, 7) is 8.44. The molecule has 0 N–H and O–H groups in total. The minimum absolute atomic E-state index is 0.847. The van der Waals surface area contributed by atoms with Crippen LogP contribution in [0.1, 0.15) is 20.3 Å². The fraction of sp³-hybridized carbons (Fsp3) is 1.00. The molecular weight excluding hydrogens is 109 g/mol. The molecule has 0 atom stereocenters. The SMILES string of the molecule is CB1CCCN1C.CC. The lowest BCUT2D eigenvalue weighted by Gasteiger charge is -2.08. The Morgan fingerprint density at radius 2 is 1.89 bits per heavy atom. The molecule has 0 amide bonds. The summed E-state index contributed by atoms with van der Waals surface area (Å²) in [7, 11) is 2.19. The third kappa shape index (κ3) is 2.90. The fourth-order valence-corrected chi connectivity index (χ4v) is 1.08. The average molecular weight is 127 g/mol. The van der Waals surface area contributed by atoms with E-state index in [1.54, 1.807) is 0 Å². The van der Waals surface area contributed by atoms with E-state index in [4.69, 9.17) is 0 Å². The summed E-state index contributed by atoms with van der Waals surface area (Å²) in [5.41, 5.74) is 0. The standard InChI is InChI=1S/C5H12BN.C2H6/c1-6-4-3-5-7(6)2;1-2/h3-5H2,1-2H3;1-2H3. The minimum Gasteiger partial charge on any atom is -0.345 e. The van der Waals surface area contributed by atoms with Gasteiger partial charge in [-0.3, -0.25) is 0 Å². The summed E-state index contributed by atoms with van der Waals surface area (Å²) in [6, 6.07) is 0. The van der Waals surface area contributed by atoms with E-state index in [0.717, 1.165) is 6.85 Å². The molecule has 1 heterocycles. The van der Waals surface area contributed by atoms with E-state index in [0.29, 0.717) is 0 Å². The highest BCUT2D eigenvalue weighted by molar-refractivity contribution is 6.54. The first kappa shape index (κ1) is 9.02. The largest absolute Gasteiger partial charge is 0.345 e. The molecule has 0 aromatic heterocycles. The molecule has 54 valence electrons. The van der Waals surface area contributed by atoms with Crippen molar-refractivity contribution in [3.63, 3.8) is 0 Å². The van der Waals surface area contributed by atoms with Gasteiger partial charge in [0.2, 0.25) is 6.85 Å². The maximum atomic E-state index is 2.40. The minimum atomic E-state index is 0.847. The molecule has 0 aromatic carbocycles. The molecule has 1 nitrogen and oxygen atoms in total. The van der Waals surface area contributed by atoms with Gasteiger partial charge in [0.15, 0.2) is 0 Å². The first-order valence-corrected chi connectivity index (χ1v) is 4.01. The van der Waals surface area contributed by atoms with Crippen LogP contribution in [-0.4, -0.2) is 25.3 Å². The third-order valence-corrected chi connectivity index (χ3v) is 1.89. The highest BCUT2D eigenvalue weighted by atomic mass is 15.0. The van der Waals surface area contributed by atoms with E-state index in [1.165, 1.54) is 19.3 Å². The lowest BCUT2D eigenvalue weighted by molar-refractivity contribution is 0.565. The molecule has 1 aliphatic rings. The van der Waals surface area contributed by atoms with Gasteiger partial charge in [-0.2, -0.15) is 0 Å². The van der Waals surface area contributed by atoms with E-state index in [1.807, 2.05) is 13.8 Å². The Bertz CT molecular complexity index is 57.9. The van der Waals surface area contributed by atoms with Crippen LogP contribution in [0.5, 0.6) is 0 Å². The Labute approximate surface area is 59.5 Å². The summed E-state index contributed by atoms with van der Waals surface area (Å²) < 4.78 is 0. The van der Waals surface area contributed by atoms with Crippen molar-refractivity contribution in [1.82, 2.24) is 4.81 Å². The normalized spacial score (nSPS) is 19.3. The Morgan fingerprint density at radius 3 is 2.00 bits per heavy atom. The molecule has 1 saturated heterocycles. The van der Waals surface area contributed by atoms with Crippen molar-refractivity contribution in [3.05, 3.63) is 0 Å². The van der Waals surface area contributed by atoms with Gasteiger partial charge in [-0.1, -0.05) is 27.0 Å². The molecule has 1 fully saturated rings. The van der Waals surface area contributed by atoms with E-state index in [9.17, 15) is 0 Å². The maximum Gasteiger partial charge on any atom is 0.219 e. The monoisotopic (exact) mass is 127 g/mol. The van der Waals surface area contributed by atoms with E-state index in [2.05, 4.69) is 18.7 Å². The van der Waals surface area contributed by atoms with Crippen molar-refractivity contribution in [2.45, 2.75) is 33.4 Å². The highest BCUT2D eigenvalue weighted by Crippen LogP contribution is 2.10. The van der Waals surface area contributed by atoms with Crippen molar-refractivity contribution in [3.8, 4) is 0 Å². The van der Waals surface area contributed by atoms with Crippen LogP contribution in [0.3, 0.4) is 0 Å². The van der Waals surface area contributed by atoms with Gasteiger partial charge in [-0.05, 0) is 20.0 Å². The third-order valence-electron chi connectivity index (χ3n) is 1.89. The predicted molar refractivity (Wildman–Crippen MR) is 45.0 cm³/mol. The molecule has 2 heteroatoms. The van der Waals surface area contributed by atoms with Gasteiger partial charge in [-0.25, -0.2) is 0 Å². The second kappa shape index (κ2) is 4.86. The van der Waals surface area contributed by atoms with Crippen molar-refractivity contribution >= 4 is 6.85 Å². The van der Waals surface area contributed by atoms with Crippen molar-refractivity contribution < 1.29 is 0 Å². The Kier molecular flexibility index (Phi) is 4.88. The number of rotatable bonds is 0. The smallest absolute Gasteiger partial charge is 0.219 e. The summed E-state index contributed by atoms with van der Waals surface area (Å²) in [4.78, 5) is 2.40. The van der Waals surface area contributed by atoms with Crippen LogP contribution in [0, 0.1) is 0 Å². The Balaban J connectivity index is 0.000000291. The average Bonchev–Trinajstić information content (AvgIpc) is 2.23. The molecule has 1 rings (SSSR count). The topological polar surface area (TPSA) is 3.24 Å². The lowest BCUT2D eigenvalue weighted by Crippen LogP contribution is -2.25. The van der Waals surface area contributed by atoms with Gasteiger partial charge in [0.05, 0.1) is 0 Å². The number of hydrogen-bond donors (Lipinski definition) is 0. The fourth-order valence-electron chi connectivity index (χ4n) is 1.08. The highest BCUT2D eigenvalue weighted by Gasteiger charge is 2.18. The van der Waals surface area contributed by atoms with Crippen molar-refractivity contribution in [1.29, 1.82) is 0 Å². The predicted octanol–water partition coefficient (Wildman–Crippen LogP) is 1.97. The zero-order valence-corrected chi connectivity index (χ0v) is 7.15. The number of nitrogens with zero attached hydrogens (tertiary/aromatic N) is 1. The first-order chi connectivity index (χ1) is 4.30. The summed E-state index contributed by atoms with van der Waals surface area (Å²) in [5.74, 6) is 0. The van der Waals surface area contributed by atoms with Crippen molar-refractivity contribution in [2.75, 3.05) is 13.6 Å². The van der Waals surface area contributed by atoms with Crippen molar-refractivity contribution in [2.24, 2.45) is 0 Å². The van der Waals surface area contributed by atoms with Gasteiger partial charge < -0.3 is 4.81 Å². The van der Waals surface area contributed by atoms with Crippen LogP contribution in [-0.2, 0) is 0 Å². The zero-order chi connectivity index (χ0) is 7.28. The van der Waals surface area contributed by atoms with Crippen LogP contribution < -0.4 is 0 Å². The molecular formula is C7H18BN. The Morgan fingerprint density at radius 1 is 1.33 bits per heavy atom. The first-order valence-electron chi connectivity index (χ1n) is 4.01. The molecule has 0 bridgehead atoms. The molecule has 0 unspecified atom stereocenters. The van der Waals surface area contributed by atoms with Gasteiger partial charge in [-0.15, -0.1) is 0 Å². The quantitative estimate of drug-likeness (QED) is 0.449. The summed E-state index contributed by atoms with van der Waals surface area (Å²) in [6.07, 6.45) is 2.80. The van der Waals surface area contributed by atoms with Crippen LogP contribution >= 0.6 is 0 Å². The second-order valence-corrected chi connectivity index (χ2v) is 2.47. The second-order valence-electron chi connectivity index (χ2n) is 2.47. The molecule has 0 saturated carbocycles. The van der Waals surface area contributed by atoms with Crippen LogP contribution in [0.25, 0.3) is 0 Å². The van der Waals surface area contributed by atoms with E-state index in [-0.39, 0.29) is 0 Å². The Hall–Kier alpha value is 0.0249. The van der Waals surface area contributed by atoms with Gasteiger partial charge in [0.25, 0.3) is 0 Å². The molecule has 1 aliphatic heterocycles. The summed E-state index contributed by atoms with van der Waals surface area (Å²) >= 11 is 0. The van der Waals surface area contributed by atoms with E-state index >= 15 is 0 Å². The lowest BCUT2D eigenvalue weighted by atomic mass is 9.63. The van der Waals surface area contributed by atoms with Crippen LogP contribution in [0.15, 0.2) is 0 Å². The molecule has 0 radical (unpaired) electrons. The zero-order valence-electron chi connectivity index (χ0n) is 7.15. The molecule has 0 spiro atoms.